The Hall–Kier alpha value is -3.07. The Balaban J connectivity index is 1.58. The molecule has 3 rings (SSSR count). The Morgan fingerprint density at radius 2 is 2.03 bits per heavy atom. The summed E-state index contributed by atoms with van der Waals surface area (Å²) in [6, 6.07) is 12.0. The molecule has 7 nitrogen and oxygen atoms in total. The summed E-state index contributed by atoms with van der Waals surface area (Å²) in [4.78, 5) is 12.4. The number of nitrogens with one attached hydrogen (secondary N) is 1. The highest BCUT2D eigenvalue weighted by molar-refractivity contribution is 7.99. The number of para-hydroxylation sites is 2. The Kier molecular flexibility index (Phi) is 6.71. The predicted octanol–water partition coefficient (Wildman–Crippen LogP) is 3.31. The molecule has 0 aliphatic heterocycles. The van der Waals surface area contributed by atoms with Crippen molar-refractivity contribution >= 4 is 23.4 Å². The number of nitrogens with two attached hydrogens (primary N) is 1. The number of benzene rings is 2. The molecule has 0 bridgehead atoms. The molecule has 0 atom stereocenters. The molecule has 29 heavy (non-hydrogen) atoms. The molecular formula is C20H22FN5O2S. The number of hydrogen-bond acceptors (Lipinski definition) is 6. The van der Waals surface area contributed by atoms with Crippen molar-refractivity contribution < 1.29 is 13.9 Å². The van der Waals surface area contributed by atoms with Crippen LogP contribution < -0.4 is 15.9 Å². The molecule has 152 valence electrons. The van der Waals surface area contributed by atoms with Gasteiger partial charge in [-0.15, -0.1) is 10.2 Å². The largest absolute Gasteiger partial charge is 0.482 e. The van der Waals surface area contributed by atoms with E-state index in [1.807, 2.05) is 32.0 Å². The predicted molar refractivity (Wildman–Crippen MR) is 111 cm³/mol. The van der Waals surface area contributed by atoms with Crippen LogP contribution in [0.5, 0.6) is 5.75 Å². The maximum atomic E-state index is 13.6. The summed E-state index contributed by atoms with van der Waals surface area (Å²) in [5.74, 6) is 5.90. The maximum absolute atomic E-state index is 13.6. The van der Waals surface area contributed by atoms with Gasteiger partial charge in [-0.1, -0.05) is 49.0 Å². The molecular weight excluding hydrogens is 393 g/mol. The quantitative estimate of drug-likeness (QED) is 0.433. The first kappa shape index (κ1) is 20.7. The lowest BCUT2D eigenvalue weighted by Gasteiger charge is -2.12. The van der Waals surface area contributed by atoms with E-state index in [1.165, 1.54) is 16.8 Å². The fraction of sp³-hybridized carbons (Fsp3) is 0.250. The number of hydrogen-bond donors (Lipinski definition) is 2. The number of thioether (sulfide) groups is 1. The SMILES string of the molecule is CCc1cccc(C)c1NC(=O)CSc1nnc(COc2ccccc2F)n1N. The zero-order valence-corrected chi connectivity index (χ0v) is 17.0. The lowest BCUT2D eigenvalue weighted by atomic mass is 10.1. The van der Waals surface area contributed by atoms with E-state index >= 15 is 0 Å². The molecule has 1 aromatic heterocycles. The van der Waals surface area contributed by atoms with Crippen molar-refractivity contribution in [2.45, 2.75) is 32.0 Å². The topological polar surface area (TPSA) is 95.1 Å². The van der Waals surface area contributed by atoms with E-state index in [0.29, 0.717) is 11.0 Å². The van der Waals surface area contributed by atoms with Crippen molar-refractivity contribution in [3.05, 3.63) is 65.2 Å². The molecule has 0 unspecified atom stereocenters. The van der Waals surface area contributed by atoms with E-state index in [0.717, 1.165) is 35.0 Å². The van der Waals surface area contributed by atoms with Gasteiger partial charge in [0.15, 0.2) is 17.4 Å². The molecule has 0 aliphatic rings. The van der Waals surface area contributed by atoms with Gasteiger partial charge in [-0.25, -0.2) is 9.07 Å². The molecule has 0 saturated carbocycles. The molecule has 2 aromatic carbocycles. The number of amides is 1. The fourth-order valence-corrected chi connectivity index (χ4v) is 3.39. The third kappa shape index (κ3) is 5.05. The normalized spacial score (nSPS) is 10.7. The monoisotopic (exact) mass is 415 g/mol. The van der Waals surface area contributed by atoms with Gasteiger partial charge < -0.3 is 15.9 Å². The second kappa shape index (κ2) is 9.42. The van der Waals surface area contributed by atoms with Crippen molar-refractivity contribution in [3.63, 3.8) is 0 Å². The van der Waals surface area contributed by atoms with Crippen LogP contribution in [-0.4, -0.2) is 26.5 Å². The number of anilines is 1. The standard InChI is InChI=1S/C20H22FN5O2S/c1-3-14-8-6-7-13(2)19(14)23-18(27)12-29-20-25-24-17(26(20)22)11-28-16-10-5-4-9-15(16)21/h4-10H,3,11-12,22H2,1-2H3,(H,23,27). The van der Waals surface area contributed by atoms with Gasteiger partial charge >= 0.3 is 0 Å². The van der Waals surface area contributed by atoms with Gasteiger partial charge in [0.2, 0.25) is 11.1 Å². The molecule has 0 spiro atoms. The number of halogens is 1. The number of ether oxygens (including phenoxy) is 1. The van der Waals surface area contributed by atoms with Crippen LogP contribution in [0.25, 0.3) is 0 Å². The smallest absolute Gasteiger partial charge is 0.234 e. The fourth-order valence-electron chi connectivity index (χ4n) is 2.72. The molecule has 1 heterocycles. The van der Waals surface area contributed by atoms with Gasteiger partial charge in [0.25, 0.3) is 0 Å². The van der Waals surface area contributed by atoms with E-state index in [4.69, 9.17) is 10.6 Å². The lowest BCUT2D eigenvalue weighted by molar-refractivity contribution is -0.113. The van der Waals surface area contributed by atoms with E-state index < -0.39 is 5.82 Å². The summed E-state index contributed by atoms with van der Waals surface area (Å²) >= 11 is 1.16. The van der Waals surface area contributed by atoms with Crippen LogP contribution in [0.15, 0.2) is 47.6 Å². The highest BCUT2D eigenvalue weighted by Gasteiger charge is 2.15. The number of carbonyl (C=O) groups excluding carboxylic acids is 1. The Morgan fingerprint density at radius 3 is 2.79 bits per heavy atom. The molecule has 0 radical (unpaired) electrons. The minimum Gasteiger partial charge on any atom is -0.482 e. The Bertz CT molecular complexity index is 1010. The van der Waals surface area contributed by atoms with E-state index in [-0.39, 0.29) is 24.0 Å². The first-order chi connectivity index (χ1) is 14.0. The highest BCUT2D eigenvalue weighted by Crippen LogP contribution is 2.22. The first-order valence-corrected chi connectivity index (χ1v) is 10.1. The zero-order valence-electron chi connectivity index (χ0n) is 16.2. The third-order valence-corrected chi connectivity index (χ3v) is 5.21. The first-order valence-electron chi connectivity index (χ1n) is 9.07. The molecule has 3 N–H and O–H groups in total. The van der Waals surface area contributed by atoms with Crippen LogP contribution in [0.4, 0.5) is 10.1 Å². The zero-order chi connectivity index (χ0) is 20.8. The van der Waals surface area contributed by atoms with Gasteiger partial charge in [-0.05, 0) is 36.6 Å². The average Bonchev–Trinajstić information content (AvgIpc) is 3.07. The highest BCUT2D eigenvalue weighted by atomic mass is 32.2. The Morgan fingerprint density at radius 1 is 1.24 bits per heavy atom. The van der Waals surface area contributed by atoms with Crippen molar-refractivity contribution in [1.82, 2.24) is 14.9 Å². The number of aromatic nitrogens is 3. The van der Waals surface area contributed by atoms with Crippen molar-refractivity contribution in [3.8, 4) is 5.75 Å². The third-order valence-electron chi connectivity index (χ3n) is 4.27. The second-order valence-corrected chi connectivity index (χ2v) is 7.23. The summed E-state index contributed by atoms with van der Waals surface area (Å²) in [5, 5.41) is 11.3. The van der Waals surface area contributed by atoms with Gasteiger partial charge in [0.05, 0.1) is 5.75 Å². The maximum Gasteiger partial charge on any atom is 0.234 e. The average molecular weight is 415 g/mol. The summed E-state index contributed by atoms with van der Waals surface area (Å²) < 4.78 is 20.3. The summed E-state index contributed by atoms with van der Waals surface area (Å²) in [6.45, 7) is 3.96. The van der Waals surface area contributed by atoms with Gasteiger partial charge in [-0.2, -0.15) is 0 Å². The second-order valence-electron chi connectivity index (χ2n) is 6.29. The van der Waals surface area contributed by atoms with Crippen LogP contribution in [-0.2, 0) is 17.8 Å². The lowest BCUT2D eigenvalue weighted by Crippen LogP contribution is -2.19. The van der Waals surface area contributed by atoms with Gasteiger partial charge in [0.1, 0.15) is 6.61 Å². The molecule has 0 saturated heterocycles. The Labute approximate surface area is 172 Å². The minimum absolute atomic E-state index is 0.0414. The molecule has 0 aliphatic carbocycles. The summed E-state index contributed by atoms with van der Waals surface area (Å²) in [5.41, 5.74) is 2.93. The van der Waals surface area contributed by atoms with Crippen molar-refractivity contribution in [1.29, 1.82) is 0 Å². The van der Waals surface area contributed by atoms with E-state index in [1.54, 1.807) is 12.1 Å². The number of nitrogen functional groups attached to an aromatic ring is 1. The number of carbonyl (C=O) groups is 1. The molecule has 3 aromatic rings. The van der Waals surface area contributed by atoms with Gasteiger partial charge in [-0.3, -0.25) is 4.79 Å². The summed E-state index contributed by atoms with van der Waals surface area (Å²) in [7, 11) is 0. The van der Waals surface area contributed by atoms with Crippen molar-refractivity contribution in [2.24, 2.45) is 0 Å². The van der Waals surface area contributed by atoms with Crippen LogP contribution in [0.1, 0.15) is 23.9 Å². The minimum atomic E-state index is -0.468. The molecule has 0 fully saturated rings. The van der Waals surface area contributed by atoms with Crippen LogP contribution >= 0.6 is 11.8 Å². The number of nitrogens with zero attached hydrogens (tertiary/aromatic N) is 3. The molecule has 9 heteroatoms. The van der Waals surface area contributed by atoms with Crippen LogP contribution in [0.3, 0.4) is 0 Å². The van der Waals surface area contributed by atoms with E-state index in [9.17, 15) is 9.18 Å². The number of aryl methyl sites for hydroxylation is 2. The number of rotatable bonds is 8. The summed E-state index contributed by atoms with van der Waals surface area (Å²) in [6.07, 6.45) is 0.826. The van der Waals surface area contributed by atoms with Crippen molar-refractivity contribution in [2.75, 3.05) is 16.9 Å². The van der Waals surface area contributed by atoms with Crippen LogP contribution in [0.2, 0.25) is 0 Å². The van der Waals surface area contributed by atoms with E-state index in [2.05, 4.69) is 15.5 Å². The van der Waals surface area contributed by atoms with Gasteiger partial charge in [0, 0.05) is 5.69 Å². The van der Waals surface area contributed by atoms with Crippen LogP contribution in [0, 0.1) is 12.7 Å². The molecule has 1 amide bonds.